The first-order chi connectivity index (χ1) is 13.3. The fourth-order valence-electron chi connectivity index (χ4n) is 3.42. The monoisotopic (exact) mass is 383 g/mol. The molecule has 4 nitrogen and oxygen atoms in total. The molecule has 2 aromatic rings. The summed E-state index contributed by atoms with van der Waals surface area (Å²) in [6.45, 7) is 3.55. The van der Waals surface area contributed by atoms with Gasteiger partial charge in [0, 0.05) is 44.4 Å². The minimum absolute atomic E-state index is 0.638. The molecule has 1 heterocycles. The molecule has 0 aromatic heterocycles. The lowest BCUT2D eigenvalue weighted by Crippen LogP contribution is -2.39. The zero-order valence-electron chi connectivity index (χ0n) is 16.2. The normalized spacial score (nSPS) is 17.3. The molecular weight excluding hydrogens is 354 g/mol. The average Bonchev–Trinajstić information content (AvgIpc) is 3.18. The molecule has 1 fully saturated rings. The van der Waals surface area contributed by atoms with E-state index in [9.17, 15) is 0 Å². The Morgan fingerprint density at radius 2 is 1.89 bits per heavy atom. The van der Waals surface area contributed by atoms with Crippen LogP contribution in [0.25, 0.3) is 0 Å². The van der Waals surface area contributed by atoms with E-state index in [-0.39, 0.29) is 0 Å². The second kappa shape index (κ2) is 10.4. The topological polar surface area (TPSA) is 36.9 Å². The van der Waals surface area contributed by atoms with E-state index in [0.717, 1.165) is 31.3 Å². The van der Waals surface area contributed by atoms with Gasteiger partial charge in [0.25, 0.3) is 0 Å². The van der Waals surface area contributed by atoms with Crippen molar-refractivity contribution in [1.29, 1.82) is 0 Å². The number of nitrogens with zero attached hydrogens (tertiary/aromatic N) is 2. The van der Waals surface area contributed by atoms with Gasteiger partial charge < -0.3 is 15.0 Å². The minimum Gasteiger partial charge on any atom is -0.380 e. The Kier molecular flexibility index (Phi) is 7.60. The summed E-state index contributed by atoms with van der Waals surface area (Å²) >= 11 is 1.96. The van der Waals surface area contributed by atoms with E-state index in [2.05, 4.69) is 69.8 Å². The van der Waals surface area contributed by atoms with Crippen molar-refractivity contribution in [3.8, 4) is 0 Å². The maximum atomic E-state index is 5.31. The van der Waals surface area contributed by atoms with Crippen molar-refractivity contribution in [3.05, 3.63) is 65.7 Å². The highest BCUT2D eigenvalue weighted by atomic mass is 32.2. The SMILES string of the molecule is CN=C(NCc1ccccc1COC)N1CCC(CSc2ccccc2)C1. The smallest absolute Gasteiger partial charge is 0.193 e. The number of thioether (sulfide) groups is 1. The molecule has 27 heavy (non-hydrogen) atoms. The highest BCUT2D eigenvalue weighted by Crippen LogP contribution is 2.25. The quantitative estimate of drug-likeness (QED) is 0.445. The van der Waals surface area contributed by atoms with E-state index in [1.54, 1.807) is 7.11 Å². The fourth-order valence-corrected chi connectivity index (χ4v) is 4.47. The van der Waals surface area contributed by atoms with Gasteiger partial charge in [-0.05, 0) is 35.6 Å². The second-order valence-corrected chi connectivity index (χ2v) is 7.92. The van der Waals surface area contributed by atoms with E-state index in [1.807, 2.05) is 18.8 Å². The number of guanidine groups is 1. The predicted molar refractivity (Wildman–Crippen MR) is 114 cm³/mol. The van der Waals surface area contributed by atoms with Gasteiger partial charge in [0.15, 0.2) is 5.96 Å². The van der Waals surface area contributed by atoms with E-state index in [4.69, 9.17) is 4.74 Å². The largest absolute Gasteiger partial charge is 0.380 e. The van der Waals surface area contributed by atoms with Gasteiger partial charge in [0.05, 0.1) is 6.61 Å². The van der Waals surface area contributed by atoms with Crippen LogP contribution in [0.3, 0.4) is 0 Å². The lowest BCUT2D eigenvalue weighted by molar-refractivity contribution is 0.184. The Morgan fingerprint density at radius 3 is 2.63 bits per heavy atom. The number of ether oxygens (including phenoxy) is 1. The fraction of sp³-hybridized carbons (Fsp3) is 0.409. The van der Waals surface area contributed by atoms with Crippen LogP contribution in [0, 0.1) is 5.92 Å². The van der Waals surface area contributed by atoms with Crippen LogP contribution in [0.2, 0.25) is 0 Å². The summed E-state index contributed by atoms with van der Waals surface area (Å²) in [7, 11) is 3.61. The van der Waals surface area contributed by atoms with Crippen molar-refractivity contribution in [2.24, 2.45) is 10.9 Å². The van der Waals surface area contributed by atoms with Gasteiger partial charge in [0.1, 0.15) is 0 Å². The van der Waals surface area contributed by atoms with Crippen molar-refractivity contribution in [1.82, 2.24) is 10.2 Å². The molecule has 1 unspecified atom stereocenters. The third-order valence-electron chi connectivity index (χ3n) is 4.88. The van der Waals surface area contributed by atoms with Gasteiger partial charge in [-0.2, -0.15) is 0 Å². The summed E-state index contributed by atoms with van der Waals surface area (Å²) in [5.74, 6) is 2.86. The van der Waals surface area contributed by atoms with Gasteiger partial charge >= 0.3 is 0 Å². The summed E-state index contributed by atoms with van der Waals surface area (Å²) < 4.78 is 5.31. The molecule has 1 aliphatic heterocycles. The van der Waals surface area contributed by atoms with Crippen molar-refractivity contribution in [2.45, 2.75) is 24.5 Å². The van der Waals surface area contributed by atoms with Crippen LogP contribution in [-0.4, -0.2) is 43.9 Å². The lowest BCUT2D eigenvalue weighted by atomic mass is 10.1. The van der Waals surface area contributed by atoms with Crippen molar-refractivity contribution in [3.63, 3.8) is 0 Å². The van der Waals surface area contributed by atoms with Gasteiger partial charge in [-0.15, -0.1) is 11.8 Å². The molecule has 1 saturated heterocycles. The zero-order valence-corrected chi connectivity index (χ0v) is 17.0. The predicted octanol–water partition coefficient (Wildman–Crippen LogP) is 4.02. The molecule has 144 valence electrons. The van der Waals surface area contributed by atoms with E-state index < -0.39 is 0 Å². The minimum atomic E-state index is 0.638. The van der Waals surface area contributed by atoms with Crippen LogP contribution < -0.4 is 5.32 Å². The highest BCUT2D eigenvalue weighted by Gasteiger charge is 2.24. The number of benzene rings is 2. The van der Waals surface area contributed by atoms with Crippen molar-refractivity contribution < 1.29 is 4.74 Å². The molecule has 1 atom stereocenters. The number of rotatable bonds is 7. The van der Waals surface area contributed by atoms with E-state index >= 15 is 0 Å². The van der Waals surface area contributed by atoms with E-state index in [1.165, 1.54) is 22.4 Å². The summed E-state index contributed by atoms with van der Waals surface area (Å²) in [6, 6.07) is 19.1. The summed E-state index contributed by atoms with van der Waals surface area (Å²) in [5, 5.41) is 3.53. The molecule has 0 spiro atoms. The maximum absolute atomic E-state index is 5.31. The van der Waals surface area contributed by atoms with E-state index in [0.29, 0.717) is 12.5 Å². The highest BCUT2D eigenvalue weighted by molar-refractivity contribution is 7.99. The van der Waals surface area contributed by atoms with Gasteiger partial charge in [-0.3, -0.25) is 4.99 Å². The van der Waals surface area contributed by atoms with Crippen LogP contribution >= 0.6 is 11.8 Å². The van der Waals surface area contributed by atoms with Gasteiger partial charge in [-0.1, -0.05) is 42.5 Å². The second-order valence-electron chi connectivity index (χ2n) is 6.83. The molecular formula is C22H29N3OS. The Morgan fingerprint density at radius 1 is 1.15 bits per heavy atom. The summed E-state index contributed by atoms with van der Waals surface area (Å²) in [4.78, 5) is 8.25. The molecule has 0 amide bonds. The Bertz CT molecular complexity index is 735. The summed E-state index contributed by atoms with van der Waals surface area (Å²) in [5.41, 5.74) is 2.48. The first kappa shape index (κ1) is 19.8. The third-order valence-corrected chi connectivity index (χ3v) is 6.12. The molecule has 1 N–H and O–H groups in total. The maximum Gasteiger partial charge on any atom is 0.193 e. The van der Waals surface area contributed by atoms with Gasteiger partial charge in [0.2, 0.25) is 0 Å². The zero-order chi connectivity index (χ0) is 18.9. The number of aliphatic imine (C=N–C) groups is 1. The van der Waals surface area contributed by atoms with Crippen LogP contribution in [0.15, 0.2) is 64.5 Å². The molecule has 3 rings (SSSR count). The molecule has 1 aliphatic rings. The standard InChI is InChI=1S/C22H29N3OS/c1-23-22(24-14-19-8-6-7-9-20(19)16-26-2)25-13-12-18(15-25)17-27-21-10-4-3-5-11-21/h3-11,18H,12-17H2,1-2H3,(H,23,24). The first-order valence-electron chi connectivity index (χ1n) is 9.49. The van der Waals surface area contributed by atoms with Crippen molar-refractivity contribution in [2.75, 3.05) is 33.0 Å². The van der Waals surface area contributed by atoms with Crippen LogP contribution in [0.5, 0.6) is 0 Å². The molecule has 0 radical (unpaired) electrons. The first-order valence-corrected chi connectivity index (χ1v) is 10.5. The molecule has 0 bridgehead atoms. The number of methoxy groups -OCH3 is 1. The molecule has 5 heteroatoms. The number of nitrogens with one attached hydrogen (secondary N) is 1. The van der Waals surface area contributed by atoms with Crippen molar-refractivity contribution >= 4 is 17.7 Å². The molecule has 0 saturated carbocycles. The van der Waals surface area contributed by atoms with Crippen LogP contribution in [0.1, 0.15) is 17.5 Å². The van der Waals surface area contributed by atoms with Gasteiger partial charge in [-0.25, -0.2) is 0 Å². The Labute approximate surface area is 167 Å². The van der Waals surface area contributed by atoms with Crippen LogP contribution in [-0.2, 0) is 17.9 Å². The van der Waals surface area contributed by atoms with Crippen LogP contribution in [0.4, 0.5) is 0 Å². The third kappa shape index (κ3) is 5.75. The lowest BCUT2D eigenvalue weighted by Gasteiger charge is -2.22. The summed E-state index contributed by atoms with van der Waals surface area (Å²) in [6.07, 6.45) is 1.22. The average molecular weight is 384 g/mol. The number of hydrogen-bond acceptors (Lipinski definition) is 3. The Hall–Kier alpha value is -1.98. The molecule has 2 aromatic carbocycles. The Balaban J connectivity index is 1.50. The number of likely N-dealkylation sites (tertiary alicyclic amines) is 1. The number of hydrogen-bond donors (Lipinski definition) is 1. The molecule has 0 aliphatic carbocycles.